The molecule has 0 aliphatic heterocycles. The Bertz CT molecular complexity index is 526. The number of benzene rings is 1. The topological polar surface area (TPSA) is 55.4 Å². The van der Waals surface area contributed by atoms with Gasteiger partial charge in [-0.3, -0.25) is 4.79 Å². The zero-order chi connectivity index (χ0) is 16.8. The molecule has 1 N–H and O–H groups in total. The average molecular weight is 303 g/mol. The van der Waals surface area contributed by atoms with Crippen LogP contribution in [0, 0.1) is 0 Å². The van der Waals surface area contributed by atoms with E-state index in [-0.39, 0.29) is 11.3 Å². The summed E-state index contributed by atoms with van der Waals surface area (Å²) in [6, 6.07) is 6.77. The first-order valence-electron chi connectivity index (χ1n) is 7.39. The molecule has 0 aliphatic rings. The molecule has 1 amide bonds. The highest BCUT2D eigenvalue weighted by atomic mass is 16.5. The van der Waals surface area contributed by atoms with Crippen LogP contribution in [0.2, 0.25) is 0 Å². The van der Waals surface area contributed by atoms with Gasteiger partial charge in [-0.2, -0.15) is 0 Å². The Kier molecular flexibility index (Phi) is 6.35. The second-order valence-corrected chi connectivity index (χ2v) is 6.24. The van der Waals surface area contributed by atoms with Crippen LogP contribution in [0.5, 0.6) is 0 Å². The highest BCUT2D eigenvalue weighted by Gasteiger charge is 2.21. The SMILES string of the molecule is C=CCC[C@H](NC(=O)c1ccc(C(C)(C)C)cc1)C(=O)OC. The van der Waals surface area contributed by atoms with Crippen LogP contribution in [0.1, 0.15) is 49.5 Å². The van der Waals surface area contributed by atoms with Gasteiger partial charge in [-0.1, -0.05) is 39.0 Å². The Morgan fingerprint density at radius 2 is 1.86 bits per heavy atom. The van der Waals surface area contributed by atoms with E-state index >= 15 is 0 Å². The number of rotatable bonds is 6. The van der Waals surface area contributed by atoms with Gasteiger partial charge in [0.05, 0.1) is 7.11 Å². The molecule has 0 bridgehead atoms. The van der Waals surface area contributed by atoms with Gasteiger partial charge in [0.2, 0.25) is 0 Å². The quantitative estimate of drug-likeness (QED) is 0.648. The fourth-order valence-electron chi connectivity index (χ4n) is 2.04. The van der Waals surface area contributed by atoms with Crippen molar-refractivity contribution in [1.82, 2.24) is 5.32 Å². The Hall–Kier alpha value is -2.10. The summed E-state index contributed by atoms with van der Waals surface area (Å²) in [6.45, 7) is 9.97. The molecule has 0 fully saturated rings. The van der Waals surface area contributed by atoms with Crippen molar-refractivity contribution in [3.63, 3.8) is 0 Å². The maximum Gasteiger partial charge on any atom is 0.328 e. The Labute approximate surface area is 132 Å². The van der Waals surface area contributed by atoms with Crippen molar-refractivity contribution < 1.29 is 14.3 Å². The first kappa shape index (κ1) is 18.0. The van der Waals surface area contributed by atoms with E-state index in [4.69, 9.17) is 4.74 Å². The molecule has 0 heterocycles. The lowest BCUT2D eigenvalue weighted by Crippen LogP contribution is -2.41. The third-order valence-electron chi connectivity index (χ3n) is 3.46. The molecule has 0 saturated carbocycles. The lowest BCUT2D eigenvalue weighted by molar-refractivity contribution is -0.143. The van der Waals surface area contributed by atoms with Crippen LogP contribution in [0.25, 0.3) is 0 Å². The number of nitrogens with one attached hydrogen (secondary N) is 1. The molecule has 1 atom stereocenters. The molecule has 0 spiro atoms. The van der Waals surface area contributed by atoms with E-state index < -0.39 is 12.0 Å². The second-order valence-electron chi connectivity index (χ2n) is 6.24. The van der Waals surface area contributed by atoms with Crippen molar-refractivity contribution >= 4 is 11.9 Å². The maximum absolute atomic E-state index is 12.3. The number of carbonyl (C=O) groups excluding carboxylic acids is 2. The first-order chi connectivity index (χ1) is 10.3. The minimum Gasteiger partial charge on any atom is -0.467 e. The molecule has 0 aromatic heterocycles. The third-order valence-corrected chi connectivity index (χ3v) is 3.46. The summed E-state index contributed by atoms with van der Waals surface area (Å²) in [5.41, 5.74) is 1.72. The van der Waals surface area contributed by atoms with Gasteiger partial charge in [-0.15, -0.1) is 6.58 Å². The van der Waals surface area contributed by atoms with Gasteiger partial charge in [0, 0.05) is 5.56 Å². The van der Waals surface area contributed by atoms with Gasteiger partial charge < -0.3 is 10.1 Å². The van der Waals surface area contributed by atoms with E-state index in [1.54, 1.807) is 18.2 Å². The van der Waals surface area contributed by atoms with Crippen molar-refractivity contribution in [2.45, 2.75) is 45.1 Å². The number of hydrogen-bond donors (Lipinski definition) is 1. The van der Waals surface area contributed by atoms with Gasteiger partial charge in [0.25, 0.3) is 5.91 Å². The molecular weight excluding hydrogens is 278 g/mol. The largest absolute Gasteiger partial charge is 0.467 e. The molecule has 0 saturated heterocycles. The molecule has 0 radical (unpaired) electrons. The van der Waals surface area contributed by atoms with Gasteiger partial charge >= 0.3 is 5.97 Å². The number of esters is 1. The molecule has 120 valence electrons. The van der Waals surface area contributed by atoms with Crippen molar-refractivity contribution in [2.24, 2.45) is 0 Å². The predicted molar refractivity (Wildman–Crippen MR) is 87.8 cm³/mol. The Morgan fingerprint density at radius 1 is 1.27 bits per heavy atom. The molecule has 0 unspecified atom stereocenters. The van der Waals surface area contributed by atoms with Gasteiger partial charge in [-0.25, -0.2) is 4.79 Å². The second kappa shape index (κ2) is 7.78. The van der Waals surface area contributed by atoms with E-state index in [9.17, 15) is 9.59 Å². The fraction of sp³-hybridized carbons (Fsp3) is 0.444. The summed E-state index contributed by atoms with van der Waals surface area (Å²) < 4.78 is 4.72. The fourth-order valence-corrected chi connectivity index (χ4v) is 2.04. The molecule has 1 rings (SSSR count). The molecular formula is C18H25NO3. The molecule has 22 heavy (non-hydrogen) atoms. The number of carbonyl (C=O) groups is 2. The summed E-state index contributed by atoms with van der Waals surface area (Å²) in [7, 11) is 1.31. The van der Waals surface area contributed by atoms with Crippen molar-refractivity contribution in [1.29, 1.82) is 0 Å². The van der Waals surface area contributed by atoms with Crippen LogP contribution in [0.4, 0.5) is 0 Å². The Morgan fingerprint density at radius 3 is 2.32 bits per heavy atom. The molecule has 1 aromatic rings. The minimum absolute atomic E-state index is 0.0352. The molecule has 0 aliphatic carbocycles. The van der Waals surface area contributed by atoms with Crippen molar-refractivity contribution in [2.75, 3.05) is 7.11 Å². The summed E-state index contributed by atoms with van der Waals surface area (Å²) in [4.78, 5) is 24.0. The average Bonchev–Trinajstić information content (AvgIpc) is 2.49. The highest BCUT2D eigenvalue weighted by molar-refractivity contribution is 5.96. The number of hydrogen-bond acceptors (Lipinski definition) is 3. The molecule has 4 nitrogen and oxygen atoms in total. The minimum atomic E-state index is -0.655. The number of methoxy groups -OCH3 is 1. The van der Waals surface area contributed by atoms with Crippen LogP contribution < -0.4 is 5.32 Å². The Balaban J connectivity index is 2.81. The van der Waals surface area contributed by atoms with Gasteiger partial charge in [0.15, 0.2) is 0 Å². The van der Waals surface area contributed by atoms with E-state index in [1.807, 2.05) is 12.1 Å². The molecule has 1 aromatic carbocycles. The van der Waals surface area contributed by atoms with Crippen LogP contribution in [0.3, 0.4) is 0 Å². The van der Waals surface area contributed by atoms with Crippen LogP contribution in [-0.2, 0) is 14.9 Å². The van der Waals surface area contributed by atoms with E-state index in [0.29, 0.717) is 18.4 Å². The van der Waals surface area contributed by atoms with Gasteiger partial charge in [0.1, 0.15) is 6.04 Å². The third kappa shape index (κ3) is 5.02. The lowest BCUT2D eigenvalue weighted by Gasteiger charge is -2.19. The standard InChI is InChI=1S/C18H25NO3/c1-6-7-8-15(17(21)22-5)19-16(20)13-9-11-14(12-10-13)18(2,3)4/h6,9-12,15H,1,7-8H2,2-5H3,(H,19,20)/t15-/m0/s1. The van der Waals surface area contributed by atoms with Crippen LogP contribution in [-0.4, -0.2) is 25.0 Å². The van der Waals surface area contributed by atoms with Crippen LogP contribution >= 0.6 is 0 Å². The van der Waals surface area contributed by atoms with E-state index in [2.05, 4.69) is 32.7 Å². The normalized spacial score (nSPS) is 12.4. The monoisotopic (exact) mass is 303 g/mol. The zero-order valence-corrected chi connectivity index (χ0v) is 13.8. The number of amides is 1. The smallest absolute Gasteiger partial charge is 0.328 e. The van der Waals surface area contributed by atoms with Crippen LogP contribution in [0.15, 0.2) is 36.9 Å². The van der Waals surface area contributed by atoms with E-state index in [0.717, 1.165) is 5.56 Å². The zero-order valence-electron chi connectivity index (χ0n) is 13.8. The summed E-state index contributed by atoms with van der Waals surface area (Å²) in [5.74, 6) is -0.721. The highest BCUT2D eigenvalue weighted by Crippen LogP contribution is 2.22. The van der Waals surface area contributed by atoms with Crippen molar-refractivity contribution in [3.8, 4) is 0 Å². The lowest BCUT2D eigenvalue weighted by atomic mass is 9.86. The van der Waals surface area contributed by atoms with E-state index in [1.165, 1.54) is 7.11 Å². The van der Waals surface area contributed by atoms with Crippen molar-refractivity contribution in [3.05, 3.63) is 48.0 Å². The summed E-state index contributed by atoms with van der Waals surface area (Å²) in [6.07, 6.45) is 2.81. The number of allylic oxidation sites excluding steroid dienone is 1. The maximum atomic E-state index is 12.3. The molecule has 4 heteroatoms. The van der Waals surface area contributed by atoms with Gasteiger partial charge in [-0.05, 0) is 36.0 Å². The summed E-state index contributed by atoms with van der Waals surface area (Å²) >= 11 is 0. The predicted octanol–water partition coefficient (Wildman–Crippen LogP) is 3.22. The first-order valence-corrected chi connectivity index (χ1v) is 7.39. The number of ether oxygens (including phenoxy) is 1. The summed E-state index contributed by atoms with van der Waals surface area (Å²) in [5, 5.41) is 2.72.